The molecule has 0 saturated carbocycles. The molecule has 3 aromatic rings. The second kappa shape index (κ2) is 8.79. The van der Waals surface area contributed by atoms with Crippen molar-refractivity contribution < 1.29 is 17.9 Å². The standard InChI is InChI=1S/C21H25N3O4S2/c1-27-16-7-8-18(28-2)20(13-16)30(25,26)22-14-15-9-11-24(12-10-15)21-23-17-5-3-4-6-19(17)29-21/h3-8,13,15,22H,9-12,14H2,1-2H3. The van der Waals surface area contributed by atoms with E-state index < -0.39 is 10.0 Å². The molecule has 0 amide bonds. The van der Waals surface area contributed by atoms with E-state index in [1.54, 1.807) is 23.5 Å². The maximum Gasteiger partial charge on any atom is 0.244 e. The Kier molecular flexibility index (Phi) is 6.12. The fourth-order valence-corrected chi connectivity index (χ4v) is 5.94. The van der Waals surface area contributed by atoms with Crippen LogP contribution in [0.2, 0.25) is 0 Å². The fourth-order valence-electron chi connectivity index (χ4n) is 3.62. The van der Waals surface area contributed by atoms with Gasteiger partial charge in [-0.2, -0.15) is 0 Å². The summed E-state index contributed by atoms with van der Waals surface area (Å²) in [5, 5.41) is 1.04. The first-order chi connectivity index (χ1) is 14.5. The second-order valence-electron chi connectivity index (χ2n) is 7.26. The molecule has 0 bridgehead atoms. The molecule has 1 aliphatic rings. The molecule has 9 heteroatoms. The van der Waals surface area contributed by atoms with Crippen molar-refractivity contribution in [2.24, 2.45) is 5.92 Å². The van der Waals surface area contributed by atoms with E-state index >= 15 is 0 Å². The first-order valence-electron chi connectivity index (χ1n) is 9.82. The van der Waals surface area contributed by atoms with Crippen LogP contribution in [0.25, 0.3) is 10.2 Å². The number of hydrogen-bond donors (Lipinski definition) is 1. The molecule has 0 radical (unpaired) electrons. The summed E-state index contributed by atoms with van der Waals surface area (Å²) in [6.07, 6.45) is 1.82. The first kappa shape index (κ1) is 20.9. The largest absolute Gasteiger partial charge is 0.497 e. The number of anilines is 1. The maximum atomic E-state index is 12.8. The minimum Gasteiger partial charge on any atom is -0.497 e. The van der Waals surface area contributed by atoms with Crippen LogP contribution in [-0.4, -0.2) is 47.3 Å². The molecule has 4 rings (SSSR count). The summed E-state index contributed by atoms with van der Waals surface area (Å²) in [6.45, 7) is 2.14. The Hall–Kier alpha value is -2.36. The lowest BCUT2D eigenvalue weighted by Crippen LogP contribution is -2.38. The van der Waals surface area contributed by atoms with Gasteiger partial charge in [0.25, 0.3) is 0 Å². The number of piperidine rings is 1. The van der Waals surface area contributed by atoms with Crippen molar-refractivity contribution in [3.05, 3.63) is 42.5 Å². The average molecular weight is 448 g/mol. The van der Waals surface area contributed by atoms with Crippen LogP contribution in [-0.2, 0) is 10.0 Å². The third kappa shape index (κ3) is 4.38. The van der Waals surface area contributed by atoms with Crippen LogP contribution in [0.15, 0.2) is 47.4 Å². The summed E-state index contributed by atoms with van der Waals surface area (Å²) in [6, 6.07) is 12.9. The van der Waals surface area contributed by atoms with E-state index in [0.717, 1.165) is 36.6 Å². The van der Waals surface area contributed by atoms with E-state index in [0.29, 0.717) is 18.0 Å². The molecule has 160 valence electrons. The number of nitrogens with one attached hydrogen (secondary N) is 1. The normalized spacial score (nSPS) is 15.5. The average Bonchev–Trinajstić information content (AvgIpc) is 3.22. The lowest BCUT2D eigenvalue weighted by molar-refractivity contribution is 0.389. The van der Waals surface area contributed by atoms with Gasteiger partial charge in [0.05, 0.1) is 24.4 Å². The highest BCUT2D eigenvalue weighted by Crippen LogP contribution is 2.32. The molecule has 0 unspecified atom stereocenters. The molecule has 2 aromatic carbocycles. The summed E-state index contributed by atoms with van der Waals surface area (Å²) >= 11 is 1.71. The monoisotopic (exact) mass is 447 g/mol. The topological polar surface area (TPSA) is 80.8 Å². The smallest absolute Gasteiger partial charge is 0.244 e. The van der Waals surface area contributed by atoms with Crippen molar-refractivity contribution in [3.8, 4) is 11.5 Å². The van der Waals surface area contributed by atoms with Crippen LogP contribution in [0.3, 0.4) is 0 Å². The number of hydrogen-bond acceptors (Lipinski definition) is 7. The third-order valence-electron chi connectivity index (χ3n) is 5.39. The molecule has 0 aliphatic carbocycles. The molecule has 1 aliphatic heterocycles. The van der Waals surface area contributed by atoms with Crippen molar-refractivity contribution in [1.29, 1.82) is 0 Å². The molecule has 7 nitrogen and oxygen atoms in total. The number of ether oxygens (including phenoxy) is 2. The van der Waals surface area contributed by atoms with Gasteiger partial charge < -0.3 is 14.4 Å². The summed E-state index contributed by atoms with van der Waals surface area (Å²) in [5.74, 6) is 1.05. The Morgan fingerprint density at radius 3 is 2.60 bits per heavy atom. The molecule has 30 heavy (non-hydrogen) atoms. The van der Waals surface area contributed by atoms with E-state index in [9.17, 15) is 8.42 Å². The van der Waals surface area contributed by atoms with Gasteiger partial charge in [0, 0.05) is 25.7 Å². The maximum absolute atomic E-state index is 12.8. The Bertz CT molecular complexity index is 1090. The molecule has 0 atom stereocenters. The van der Waals surface area contributed by atoms with Crippen molar-refractivity contribution >= 4 is 36.7 Å². The van der Waals surface area contributed by atoms with Crippen molar-refractivity contribution in [3.63, 3.8) is 0 Å². The quantitative estimate of drug-likeness (QED) is 0.597. The van der Waals surface area contributed by atoms with Crippen molar-refractivity contribution in [2.45, 2.75) is 17.7 Å². The number of fused-ring (bicyclic) bond motifs is 1. The Morgan fingerprint density at radius 1 is 1.13 bits per heavy atom. The minimum atomic E-state index is -3.70. The van der Waals surface area contributed by atoms with E-state index in [-0.39, 0.29) is 10.8 Å². The minimum absolute atomic E-state index is 0.0938. The molecule has 2 heterocycles. The molecule has 0 spiro atoms. The van der Waals surface area contributed by atoms with Crippen LogP contribution < -0.4 is 19.1 Å². The number of benzene rings is 2. The van der Waals surface area contributed by atoms with Gasteiger partial charge in [0.15, 0.2) is 5.13 Å². The van der Waals surface area contributed by atoms with Crippen LogP contribution in [0.1, 0.15) is 12.8 Å². The molecule has 1 saturated heterocycles. The molecule has 1 N–H and O–H groups in total. The van der Waals surface area contributed by atoms with Crippen LogP contribution >= 0.6 is 11.3 Å². The van der Waals surface area contributed by atoms with Gasteiger partial charge in [-0.3, -0.25) is 0 Å². The van der Waals surface area contributed by atoms with Crippen LogP contribution in [0, 0.1) is 5.92 Å². The van der Waals surface area contributed by atoms with Crippen molar-refractivity contribution in [1.82, 2.24) is 9.71 Å². The molecule has 1 aromatic heterocycles. The first-order valence-corrected chi connectivity index (χ1v) is 12.1. The van der Waals surface area contributed by atoms with Crippen LogP contribution in [0.5, 0.6) is 11.5 Å². The number of thiazole rings is 1. The van der Waals surface area contributed by atoms with E-state index in [4.69, 9.17) is 14.5 Å². The van der Waals surface area contributed by atoms with Gasteiger partial charge in [0.1, 0.15) is 16.4 Å². The number of rotatable bonds is 7. The van der Waals surface area contributed by atoms with Gasteiger partial charge in [-0.1, -0.05) is 23.5 Å². The van der Waals surface area contributed by atoms with Gasteiger partial charge in [0.2, 0.25) is 10.0 Å². The number of nitrogens with zero attached hydrogens (tertiary/aromatic N) is 2. The van der Waals surface area contributed by atoms with E-state index in [2.05, 4.69) is 15.7 Å². The number of sulfonamides is 1. The number of para-hydroxylation sites is 1. The Morgan fingerprint density at radius 2 is 1.90 bits per heavy atom. The van der Waals surface area contributed by atoms with E-state index in [1.165, 1.54) is 25.0 Å². The zero-order chi connectivity index (χ0) is 21.1. The lowest BCUT2D eigenvalue weighted by Gasteiger charge is -2.31. The Balaban J connectivity index is 1.37. The zero-order valence-corrected chi connectivity index (χ0v) is 18.6. The van der Waals surface area contributed by atoms with Crippen LogP contribution in [0.4, 0.5) is 5.13 Å². The SMILES string of the molecule is COc1ccc(OC)c(S(=O)(=O)NCC2CCN(c3nc4ccccc4s3)CC2)c1. The molecule has 1 fully saturated rings. The van der Waals surface area contributed by atoms with E-state index in [1.807, 2.05) is 18.2 Å². The number of methoxy groups -OCH3 is 2. The lowest BCUT2D eigenvalue weighted by atomic mass is 9.97. The second-order valence-corrected chi connectivity index (χ2v) is 10.0. The zero-order valence-electron chi connectivity index (χ0n) is 17.0. The summed E-state index contributed by atoms with van der Waals surface area (Å²) in [5.41, 5.74) is 1.03. The van der Waals surface area contributed by atoms with Gasteiger partial charge >= 0.3 is 0 Å². The van der Waals surface area contributed by atoms with Crippen molar-refractivity contribution in [2.75, 3.05) is 38.8 Å². The summed E-state index contributed by atoms with van der Waals surface area (Å²) < 4.78 is 40.0. The highest BCUT2D eigenvalue weighted by molar-refractivity contribution is 7.89. The number of aromatic nitrogens is 1. The molecular weight excluding hydrogens is 422 g/mol. The van der Waals surface area contributed by atoms with Gasteiger partial charge in [-0.25, -0.2) is 18.1 Å². The predicted octanol–water partition coefficient (Wildman–Crippen LogP) is 3.51. The summed E-state index contributed by atoms with van der Waals surface area (Å²) in [4.78, 5) is 7.12. The summed E-state index contributed by atoms with van der Waals surface area (Å²) in [7, 11) is -0.735. The molecular formula is C21H25N3O4S2. The predicted molar refractivity (Wildman–Crippen MR) is 119 cm³/mol. The van der Waals surface area contributed by atoms with Gasteiger partial charge in [-0.05, 0) is 43.0 Å². The fraction of sp³-hybridized carbons (Fsp3) is 0.381. The highest BCUT2D eigenvalue weighted by atomic mass is 32.2. The Labute approximate surface area is 180 Å². The third-order valence-corrected chi connectivity index (χ3v) is 7.93. The van der Waals surface area contributed by atoms with Gasteiger partial charge in [-0.15, -0.1) is 0 Å². The highest BCUT2D eigenvalue weighted by Gasteiger charge is 2.25.